The van der Waals surface area contributed by atoms with Crippen molar-refractivity contribution in [1.82, 2.24) is 5.32 Å². The molecule has 0 fully saturated rings. The number of ether oxygens (including phenoxy) is 3. The smallest absolute Gasteiger partial charge is 0.251 e. The van der Waals surface area contributed by atoms with E-state index in [4.69, 9.17) is 14.2 Å². The first-order chi connectivity index (χ1) is 13.0. The zero-order valence-electron chi connectivity index (χ0n) is 16.2. The number of aliphatic hydroxyl groups is 1. The zero-order chi connectivity index (χ0) is 19.8. The lowest BCUT2D eigenvalue weighted by atomic mass is 10.1. The van der Waals surface area contributed by atoms with Gasteiger partial charge < -0.3 is 24.6 Å². The number of nitrogens with one attached hydrogen (secondary N) is 1. The number of aliphatic hydroxyl groups excluding tert-OH is 1. The lowest BCUT2D eigenvalue weighted by Gasteiger charge is -2.17. The molecule has 1 amide bonds. The highest BCUT2D eigenvalue weighted by Gasteiger charge is 2.19. The molecule has 1 aromatic heterocycles. The summed E-state index contributed by atoms with van der Waals surface area (Å²) >= 11 is 1.47. The largest absolute Gasteiger partial charge is 0.490 e. The minimum absolute atomic E-state index is 0.126. The maximum Gasteiger partial charge on any atom is 0.251 e. The molecule has 0 saturated carbocycles. The van der Waals surface area contributed by atoms with Gasteiger partial charge in [-0.1, -0.05) is 0 Å². The van der Waals surface area contributed by atoms with Crippen LogP contribution in [0.2, 0.25) is 0 Å². The van der Waals surface area contributed by atoms with E-state index in [2.05, 4.69) is 5.32 Å². The summed E-state index contributed by atoms with van der Waals surface area (Å²) in [7, 11) is 0. The van der Waals surface area contributed by atoms with E-state index >= 15 is 0 Å². The van der Waals surface area contributed by atoms with Crippen molar-refractivity contribution in [2.75, 3.05) is 26.4 Å². The predicted molar refractivity (Wildman–Crippen MR) is 106 cm³/mol. The molecule has 2 aromatic rings. The second-order valence-electron chi connectivity index (χ2n) is 5.79. The molecule has 27 heavy (non-hydrogen) atoms. The van der Waals surface area contributed by atoms with E-state index in [1.807, 2.05) is 39.1 Å². The van der Waals surface area contributed by atoms with Gasteiger partial charge in [0.15, 0.2) is 11.5 Å². The quantitative estimate of drug-likeness (QED) is 0.643. The SMILES string of the molecule is CCOc1cc(C(=O)NCC(O)c2sccc2C)cc(OCC)c1OCC. The fraction of sp³-hybridized carbons (Fsp3) is 0.450. The van der Waals surface area contributed by atoms with Crippen molar-refractivity contribution in [2.24, 2.45) is 0 Å². The van der Waals surface area contributed by atoms with Gasteiger partial charge >= 0.3 is 0 Å². The summed E-state index contributed by atoms with van der Waals surface area (Å²) in [6.07, 6.45) is -0.741. The van der Waals surface area contributed by atoms with Gasteiger partial charge in [0.2, 0.25) is 5.75 Å². The maximum absolute atomic E-state index is 12.6. The summed E-state index contributed by atoms with van der Waals surface area (Å²) < 4.78 is 16.9. The van der Waals surface area contributed by atoms with Crippen LogP contribution in [0.25, 0.3) is 0 Å². The first-order valence-electron chi connectivity index (χ1n) is 9.08. The van der Waals surface area contributed by atoms with Crippen LogP contribution in [0.1, 0.15) is 47.7 Å². The average molecular weight is 394 g/mol. The Labute approximate surface area is 164 Å². The van der Waals surface area contributed by atoms with Gasteiger partial charge in [-0.15, -0.1) is 11.3 Å². The van der Waals surface area contributed by atoms with Gasteiger partial charge in [0.25, 0.3) is 5.91 Å². The molecule has 1 atom stereocenters. The Hall–Kier alpha value is -2.25. The van der Waals surface area contributed by atoms with E-state index in [0.29, 0.717) is 42.6 Å². The predicted octanol–water partition coefficient (Wildman–Crippen LogP) is 3.72. The van der Waals surface area contributed by atoms with E-state index < -0.39 is 6.10 Å². The Morgan fingerprint density at radius 3 is 2.19 bits per heavy atom. The van der Waals surface area contributed by atoms with Crippen molar-refractivity contribution in [3.63, 3.8) is 0 Å². The number of amides is 1. The van der Waals surface area contributed by atoms with Gasteiger partial charge in [-0.25, -0.2) is 0 Å². The van der Waals surface area contributed by atoms with Gasteiger partial charge in [0.1, 0.15) is 6.10 Å². The van der Waals surface area contributed by atoms with E-state index in [9.17, 15) is 9.90 Å². The Kier molecular flexibility index (Phi) is 7.94. The van der Waals surface area contributed by atoms with Crippen molar-refractivity contribution < 1.29 is 24.1 Å². The number of thiophene rings is 1. The van der Waals surface area contributed by atoms with E-state index in [-0.39, 0.29) is 12.5 Å². The number of rotatable bonds is 10. The van der Waals surface area contributed by atoms with Crippen molar-refractivity contribution in [3.05, 3.63) is 39.6 Å². The van der Waals surface area contributed by atoms with Gasteiger partial charge in [-0.3, -0.25) is 4.79 Å². The molecule has 6 nitrogen and oxygen atoms in total. The lowest BCUT2D eigenvalue weighted by Crippen LogP contribution is -2.28. The van der Waals surface area contributed by atoms with Crippen molar-refractivity contribution >= 4 is 17.2 Å². The fourth-order valence-electron chi connectivity index (χ4n) is 2.63. The summed E-state index contributed by atoms with van der Waals surface area (Å²) in [4.78, 5) is 13.5. The molecule has 1 heterocycles. The number of carbonyl (C=O) groups excluding carboxylic acids is 1. The van der Waals surface area contributed by atoms with Crippen LogP contribution in [0.5, 0.6) is 17.2 Å². The minimum Gasteiger partial charge on any atom is -0.490 e. The van der Waals surface area contributed by atoms with Crippen LogP contribution in [0, 0.1) is 6.92 Å². The minimum atomic E-state index is -0.741. The average Bonchev–Trinajstić information content (AvgIpc) is 3.08. The standard InChI is InChI=1S/C20H27NO5S/c1-5-24-16-10-14(11-17(25-6-2)18(16)26-7-3)20(23)21-12-15(22)19-13(4)8-9-27-19/h8-11,15,22H,5-7,12H2,1-4H3,(H,21,23). The van der Waals surface area contributed by atoms with Gasteiger partial charge in [0, 0.05) is 17.0 Å². The summed E-state index contributed by atoms with van der Waals surface area (Å²) in [5.74, 6) is 1.11. The molecule has 0 aliphatic rings. The lowest BCUT2D eigenvalue weighted by molar-refractivity contribution is 0.0916. The van der Waals surface area contributed by atoms with Crippen LogP contribution in [0.3, 0.4) is 0 Å². The summed E-state index contributed by atoms with van der Waals surface area (Å²) in [6, 6.07) is 5.21. The highest BCUT2D eigenvalue weighted by molar-refractivity contribution is 7.10. The van der Waals surface area contributed by atoms with E-state index in [0.717, 1.165) is 10.4 Å². The van der Waals surface area contributed by atoms with Crippen LogP contribution in [0.4, 0.5) is 0 Å². The molecule has 2 rings (SSSR count). The molecule has 7 heteroatoms. The number of carbonyl (C=O) groups is 1. The molecule has 0 aliphatic carbocycles. The topological polar surface area (TPSA) is 77.0 Å². The number of hydrogen-bond donors (Lipinski definition) is 2. The third-order valence-electron chi connectivity index (χ3n) is 3.83. The Morgan fingerprint density at radius 2 is 1.70 bits per heavy atom. The first kappa shape index (κ1) is 21.1. The Balaban J connectivity index is 2.20. The monoisotopic (exact) mass is 393 g/mol. The molecule has 0 aliphatic heterocycles. The molecule has 0 spiro atoms. The van der Waals surface area contributed by atoms with Crippen LogP contribution in [0.15, 0.2) is 23.6 Å². The fourth-order valence-corrected chi connectivity index (χ4v) is 3.54. The first-order valence-corrected chi connectivity index (χ1v) is 9.96. The van der Waals surface area contributed by atoms with Crippen LogP contribution in [-0.4, -0.2) is 37.4 Å². The second kappa shape index (κ2) is 10.2. The second-order valence-corrected chi connectivity index (χ2v) is 6.74. The van der Waals surface area contributed by atoms with Gasteiger partial charge in [-0.05, 0) is 56.8 Å². The molecular formula is C20H27NO5S. The third-order valence-corrected chi connectivity index (χ3v) is 4.95. The van der Waals surface area contributed by atoms with Crippen molar-refractivity contribution in [1.29, 1.82) is 0 Å². The molecule has 0 saturated heterocycles. The Bertz CT molecular complexity index is 732. The summed E-state index contributed by atoms with van der Waals surface area (Å²) in [5, 5.41) is 15.0. The number of benzene rings is 1. The molecule has 1 aromatic carbocycles. The Morgan fingerprint density at radius 1 is 1.11 bits per heavy atom. The highest BCUT2D eigenvalue weighted by Crippen LogP contribution is 2.39. The van der Waals surface area contributed by atoms with Gasteiger partial charge in [0.05, 0.1) is 19.8 Å². The van der Waals surface area contributed by atoms with Crippen LogP contribution < -0.4 is 19.5 Å². The van der Waals surface area contributed by atoms with E-state index in [1.165, 1.54) is 11.3 Å². The maximum atomic E-state index is 12.6. The van der Waals surface area contributed by atoms with Crippen molar-refractivity contribution in [3.8, 4) is 17.2 Å². The summed E-state index contributed by atoms with van der Waals surface area (Å²) in [6.45, 7) is 9.00. The molecule has 0 bridgehead atoms. The van der Waals surface area contributed by atoms with Gasteiger partial charge in [-0.2, -0.15) is 0 Å². The molecule has 1 unspecified atom stereocenters. The van der Waals surface area contributed by atoms with Crippen molar-refractivity contribution in [2.45, 2.75) is 33.8 Å². The van der Waals surface area contributed by atoms with Crippen LogP contribution >= 0.6 is 11.3 Å². The highest BCUT2D eigenvalue weighted by atomic mass is 32.1. The van der Waals surface area contributed by atoms with Crippen LogP contribution in [-0.2, 0) is 0 Å². The van der Waals surface area contributed by atoms with E-state index in [1.54, 1.807) is 12.1 Å². The summed E-state index contributed by atoms with van der Waals surface area (Å²) in [5.41, 5.74) is 1.40. The number of hydrogen-bond acceptors (Lipinski definition) is 6. The molecule has 148 valence electrons. The molecule has 2 N–H and O–H groups in total. The normalized spacial score (nSPS) is 11.7. The number of aryl methyl sites for hydroxylation is 1. The molecule has 0 radical (unpaired) electrons. The molecular weight excluding hydrogens is 366 g/mol. The third kappa shape index (κ3) is 5.37. The zero-order valence-corrected chi connectivity index (χ0v) is 17.0.